The Hall–Kier alpha value is -2.23. The highest BCUT2D eigenvalue weighted by Gasteiger charge is 2.08. The molecule has 0 saturated heterocycles. The van der Waals surface area contributed by atoms with Crippen LogP contribution in [0, 0.1) is 0 Å². The van der Waals surface area contributed by atoms with Crippen LogP contribution in [0.1, 0.15) is 16.2 Å². The van der Waals surface area contributed by atoms with E-state index in [-0.39, 0.29) is 12.2 Å². The molecule has 2 rings (SSSR count). The van der Waals surface area contributed by atoms with Gasteiger partial charge in [0.15, 0.2) is 5.78 Å². The first-order valence-electron chi connectivity index (χ1n) is 5.23. The molecule has 0 bridgehead atoms. The fourth-order valence-corrected chi connectivity index (χ4v) is 1.44. The first kappa shape index (κ1) is 11.3. The van der Waals surface area contributed by atoms with Crippen molar-refractivity contribution in [1.29, 1.82) is 0 Å². The van der Waals surface area contributed by atoms with E-state index in [4.69, 9.17) is 4.74 Å². The van der Waals surface area contributed by atoms with Gasteiger partial charge in [-0.1, -0.05) is 0 Å². The Morgan fingerprint density at radius 2 is 1.82 bits per heavy atom. The molecule has 0 atom stereocenters. The van der Waals surface area contributed by atoms with Gasteiger partial charge in [-0.2, -0.15) is 0 Å². The summed E-state index contributed by atoms with van der Waals surface area (Å²) in [6.07, 6.45) is 3.47. The molecule has 0 spiro atoms. The quantitative estimate of drug-likeness (QED) is 0.750. The number of hydrogen-bond donors (Lipinski definition) is 0. The fraction of sp³-hybridized carbons (Fsp3) is 0.154. The van der Waals surface area contributed by atoms with E-state index >= 15 is 0 Å². The average Bonchev–Trinajstić information content (AvgIpc) is 2.40. The summed E-state index contributed by atoms with van der Waals surface area (Å²) in [5.41, 5.74) is 0.637. The Balaban J connectivity index is 2.09. The molecule has 17 heavy (non-hydrogen) atoms. The SMILES string of the molecule is COc1ccc(C(=O)Cc2ncccn2)cc1. The average molecular weight is 228 g/mol. The molecule has 1 aromatic heterocycles. The largest absolute Gasteiger partial charge is 0.497 e. The second-order valence-corrected chi connectivity index (χ2v) is 3.49. The molecule has 4 nitrogen and oxygen atoms in total. The van der Waals surface area contributed by atoms with Crippen LogP contribution in [0.2, 0.25) is 0 Å². The Bertz CT molecular complexity index is 495. The van der Waals surface area contributed by atoms with Gasteiger partial charge in [-0.25, -0.2) is 9.97 Å². The van der Waals surface area contributed by atoms with Crippen LogP contribution in [-0.2, 0) is 6.42 Å². The Labute approximate surface area is 99.3 Å². The van der Waals surface area contributed by atoms with Gasteiger partial charge in [-0.05, 0) is 30.3 Å². The molecule has 4 heteroatoms. The molecule has 0 aliphatic carbocycles. The minimum absolute atomic E-state index is 0.00106. The van der Waals surface area contributed by atoms with Crippen LogP contribution in [0.3, 0.4) is 0 Å². The van der Waals surface area contributed by atoms with E-state index in [1.54, 1.807) is 49.8 Å². The van der Waals surface area contributed by atoms with Gasteiger partial charge < -0.3 is 4.74 Å². The zero-order chi connectivity index (χ0) is 12.1. The lowest BCUT2D eigenvalue weighted by Gasteiger charge is -2.02. The highest BCUT2D eigenvalue weighted by atomic mass is 16.5. The maximum absolute atomic E-state index is 11.9. The maximum Gasteiger partial charge on any atom is 0.170 e. The number of Topliss-reactive ketones (excluding diaryl/α,β-unsaturated/α-hetero) is 1. The zero-order valence-electron chi connectivity index (χ0n) is 9.46. The molecule has 0 aliphatic heterocycles. The lowest BCUT2D eigenvalue weighted by atomic mass is 10.1. The number of carbonyl (C=O) groups is 1. The Kier molecular flexibility index (Phi) is 3.45. The van der Waals surface area contributed by atoms with Crippen LogP contribution in [0.4, 0.5) is 0 Å². The predicted molar refractivity (Wildman–Crippen MR) is 63.1 cm³/mol. The number of ketones is 1. The van der Waals surface area contributed by atoms with Crippen molar-refractivity contribution < 1.29 is 9.53 Å². The van der Waals surface area contributed by atoms with Crippen LogP contribution >= 0.6 is 0 Å². The van der Waals surface area contributed by atoms with Crippen molar-refractivity contribution in [2.24, 2.45) is 0 Å². The topological polar surface area (TPSA) is 52.1 Å². The zero-order valence-corrected chi connectivity index (χ0v) is 9.46. The highest BCUT2D eigenvalue weighted by Crippen LogP contribution is 2.12. The van der Waals surface area contributed by atoms with Gasteiger partial charge >= 0.3 is 0 Å². The van der Waals surface area contributed by atoms with E-state index in [1.807, 2.05) is 0 Å². The van der Waals surface area contributed by atoms with Crippen LogP contribution in [0.25, 0.3) is 0 Å². The molecule has 0 fully saturated rings. The number of rotatable bonds is 4. The van der Waals surface area contributed by atoms with Crippen molar-refractivity contribution in [3.63, 3.8) is 0 Å². The first-order valence-corrected chi connectivity index (χ1v) is 5.23. The van der Waals surface area contributed by atoms with Crippen molar-refractivity contribution in [2.75, 3.05) is 7.11 Å². The number of hydrogen-bond acceptors (Lipinski definition) is 4. The third-order valence-electron chi connectivity index (χ3n) is 2.35. The predicted octanol–water partition coefficient (Wildman–Crippen LogP) is 1.91. The van der Waals surface area contributed by atoms with Gasteiger partial charge in [0.25, 0.3) is 0 Å². The highest BCUT2D eigenvalue weighted by molar-refractivity contribution is 5.97. The molecular weight excluding hydrogens is 216 g/mol. The molecule has 0 amide bonds. The minimum atomic E-state index is -0.00106. The Morgan fingerprint density at radius 1 is 1.18 bits per heavy atom. The summed E-state index contributed by atoms with van der Waals surface area (Å²) in [6.45, 7) is 0. The maximum atomic E-state index is 11.9. The summed E-state index contributed by atoms with van der Waals surface area (Å²) in [7, 11) is 1.59. The van der Waals surface area contributed by atoms with Crippen molar-refractivity contribution in [1.82, 2.24) is 9.97 Å². The van der Waals surface area contributed by atoms with Crippen LogP contribution in [0.15, 0.2) is 42.7 Å². The second-order valence-electron chi connectivity index (χ2n) is 3.49. The normalized spacial score (nSPS) is 9.94. The molecule has 0 aliphatic rings. The van der Waals surface area contributed by atoms with E-state index in [9.17, 15) is 4.79 Å². The third-order valence-corrected chi connectivity index (χ3v) is 2.35. The van der Waals surface area contributed by atoms with Gasteiger partial charge in [0, 0.05) is 18.0 Å². The van der Waals surface area contributed by atoms with E-state index in [2.05, 4.69) is 9.97 Å². The summed E-state index contributed by atoms with van der Waals surface area (Å²) in [5, 5.41) is 0. The molecule has 0 radical (unpaired) electrons. The Morgan fingerprint density at radius 3 is 2.41 bits per heavy atom. The third kappa shape index (κ3) is 2.87. The molecule has 0 saturated carbocycles. The number of aromatic nitrogens is 2. The van der Waals surface area contributed by atoms with Crippen molar-refractivity contribution in [3.8, 4) is 5.75 Å². The molecule has 0 N–H and O–H groups in total. The fourth-order valence-electron chi connectivity index (χ4n) is 1.44. The van der Waals surface area contributed by atoms with E-state index < -0.39 is 0 Å². The molecule has 1 heterocycles. The van der Waals surface area contributed by atoms with Crippen LogP contribution in [-0.4, -0.2) is 22.9 Å². The molecule has 2 aromatic rings. The molecule has 86 valence electrons. The number of carbonyl (C=O) groups excluding carboxylic acids is 1. The van der Waals surface area contributed by atoms with E-state index in [0.29, 0.717) is 11.4 Å². The number of benzene rings is 1. The van der Waals surface area contributed by atoms with Crippen molar-refractivity contribution >= 4 is 5.78 Å². The van der Waals surface area contributed by atoms with Crippen molar-refractivity contribution in [2.45, 2.75) is 6.42 Å². The van der Waals surface area contributed by atoms with Gasteiger partial charge in [0.1, 0.15) is 11.6 Å². The summed E-state index contributed by atoms with van der Waals surface area (Å²) < 4.78 is 5.03. The monoisotopic (exact) mass is 228 g/mol. The van der Waals surface area contributed by atoms with Gasteiger partial charge in [-0.15, -0.1) is 0 Å². The van der Waals surface area contributed by atoms with Gasteiger partial charge in [0.05, 0.1) is 13.5 Å². The molecular formula is C13H12N2O2. The van der Waals surface area contributed by atoms with Crippen molar-refractivity contribution in [3.05, 3.63) is 54.1 Å². The molecule has 1 aromatic carbocycles. The second kappa shape index (κ2) is 5.21. The number of nitrogens with zero attached hydrogens (tertiary/aromatic N) is 2. The summed E-state index contributed by atoms with van der Waals surface area (Å²) in [5.74, 6) is 1.27. The summed E-state index contributed by atoms with van der Waals surface area (Å²) in [6, 6.07) is 8.73. The van der Waals surface area contributed by atoms with Crippen LogP contribution < -0.4 is 4.74 Å². The summed E-state index contributed by atoms with van der Waals surface area (Å²) >= 11 is 0. The summed E-state index contributed by atoms with van der Waals surface area (Å²) in [4.78, 5) is 19.9. The lowest BCUT2D eigenvalue weighted by molar-refractivity contribution is 0.0991. The number of methoxy groups -OCH3 is 1. The van der Waals surface area contributed by atoms with Crippen LogP contribution in [0.5, 0.6) is 5.75 Å². The minimum Gasteiger partial charge on any atom is -0.497 e. The van der Waals surface area contributed by atoms with Gasteiger partial charge in [0.2, 0.25) is 0 Å². The standard InChI is InChI=1S/C13H12N2O2/c1-17-11-5-3-10(4-6-11)12(16)9-13-14-7-2-8-15-13/h2-8H,9H2,1H3. The number of ether oxygens (including phenoxy) is 1. The van der Waals surface area contributed by atoms with E-state index in [1.165, 1.54) is 0 Å². The smallest absolute Gasteiger partial charge is 0.170 e. The first-order chi connectivity index (χ1) is 8.29. The lowest BCUT2D eigenvalue weighted by Crippen LogP contribution is -2.06. The van der Waals surface area contributed by atoms with E-state index in [0.717, 1.165) is 5.75 Å². The molecule has 0 unspecified atom stereocenters. The van der Waals surface area contributed by atoms with Gasteiger partial charge in [-0.3, -0.25) is 4.79 Å².